The van der Waals surface area contributed by atoms with Crippen LogP contribution in [-0.4, -0.2) is 75.1 Å². The average Bonchev–Trinajstić information content (AvgIpc) is 3.37. The molecule has 1 aromatic rings. The van der Waals surface area contributed by atoms with Crippen molar-refractivity contribution in [1.82, 2.24) is 14.9 Å². The highest BCUT2D eigenvalue weighted by Crippen LogP contribution is 2.37. The van der Waals surface area contributed by atoms with Crippen LogP contribution < -0.4 is 16.6 Å². The van der Waals surface area contributed by atoms with Crippen LogP contribution in [-0.2, 0) is 28.2 Å². The van der Waals surface area contributed by atoms with Gasteiger partial charge >= 0.3 is 13.9 Å². The van der Waals surface area contributed by atoms with Gasteiger partial charge in [0.05, 0.1) is 6.61 Å². The molecular weight excluding hydrogens is 633 g/mol. The van der Waals surface area contributed by atoms with Crippen LogP contribution in [0, 0.1) is 0 Å². The Hall–Kier alpha value is -2.48. The van der Waals surface area contributed by atoms with E-state index >= 15 is 0 Å². The van der Waals surface area contributed by atoms with Gasteiger partial charge in [-0.1, -0.05) is 96.8 Å². The zero-order valence-electron chi connectivity index (χ0n) is 27.9. The van der Waals surface area contributed by atoms with Crippen LogP contribution >= 0.6 is 8.25 Å². The third kappa shape index (κ3) is 19.2. The minimum absolute atomic E-state index is 0.105. The van der Waals surface area contributed by atoms with E-state index in [9.17, 15) is 28.9 Å². The number of nitrogens with one attached hydrogen (secondary N) is 2. The molecule has 1 aromatic heterocycles. The number of unbranched alkanes of at least 4 members (excludes halogenated alkanes) is 15. The van der Waals surface area contributed by atoms with Crippen molar-refractivity contribution in [3.63, 3.8) is 0 Å². The number of nitrogens with zero attached hydrogens (tertiary/aromatic N) is 1. The standard InChI is InChI=1S/C31H54N3O9P.CH2O2/c1-2-3-4-5-6-7-8-9-10-11-12-13-16-19-26(36)32-21-17-14-15-18-23-41-29-28(43-44(39)40)25(24-35)42-30(29)34-22-20-27(37)33-31(34)38;2-1-3/h20,22,25,28-30,35H,2-19,21,23-24H2,1H3,(H2-,32,33,36,37,38,39,40);1H,(H,2,3)/p+1. The van der Waals surface area contributed by atoms with Gasteiger partial charge < -0.3 is 25.0 Å². The van der Waals surface area contributed by atoms with Gasteiger partial charge in [0.15, 0.2) is 12.3 Å². The van der Waals surface area contributed by atoms with Crippen LogP contribution in [0.3, 0.4) is 0 Å². The summed E-state index contributed by atoms with van der Waals surface area (Å²) in [5.41, 5.74) is -1.32. The normalized spacial score (nSPS) is 19.2. The Bertz CT molecular complexity index is 1100. The Balaban J connectivity index is 0.00000354. The first-order valence-corrected chi connectivity index (χ1v) is 18.3. The maximum absolute atomic E-state index is 12.3. The quantitative estimate of drug-likeness (QED) is 0.0511. The molecule has 1 saturated heterocycles. The molecule has 2 heterocycles. The van der Waals surface area contributed by atoms with Crippen LogP contribution in [0.2, 0.25) is 0 Å². The molecule has 0 spiro atoms. The fourth-order valence-electron chi connectivity index (χ4n) is 5.53. The fraction of sp³-hybridized carbons (Fsp3) is 0.812. The van der Waals surface area contributed by atoms with E-state index < -0.39 is 50.7 Å². The van der Waals surface area contributed by atoms with Crippen LogP contribution in [0.1, 0.15) is 129 Å². The number of carboxylic acid groups (broad SMARTS) is 1. The van der Waals surface area contributed by atoms with E-state index in [1.807, 2.05) is 0 Å². The fourth-order valence-corrected chi connectivity index (χ4v) is 6.00. The highest BCUT2D eigenvalue weighted by Gasteiger charge is 2.51. The number of amides is 1. The second-order valence-corrected chi connectivity index (χ2v) is 12.5. The third-order valence-corrected chi connectivity index (χ3v) is 8.44. The van der Waals surface area contributed by atoms with Gasteiger partial charge in [-0.15, -0.1) is 9.42 Å². The monoisotopic (exact) mass is 690 g/mol. The van der Waals surface area contributed by atoms with Crippen molar-refractivity contribution in [2.45, 2.75) is 147 Å². The zero-order chi connectivity index (χ0) is 34.7. The molecule has 5 unspecified atom stereocenters. The molecule has 15 heteroatoms. The number of hydrogen-bond donors (Lipinski definition) is 5. The summed E-state index contributed by atoms with van der Waals surface area (Å²) >= 11 is 0. The first kappa shape index (κ1) is 42.5. The van der Waals surface area contributed by atoms with E-state index in [4.69, 9.17) is 23.9 Å². The number of hydrogen-bond acceptors (Lipinski definition) is 9. The number of aromatic nitrogens is 2. The maximum Gasteiger partial charge on any atom is 0.695 e. The lowest BCUT2D eigenvalue weighted by molar-refractivity contribution is -0.123. The molecule has 0 bridgehead atoms. The summed E-state index contributed by atoms with van der Waals surface area (Å²) in [4.78, 5) is 55.7. The molecule has 0 radical (unpaired) electrons. The van der Waals surface area contributed by atoms with Gasteiger partial charge in [0.25, 0.3) is 12.0 Å². The van der Waals surface area contributed by atoms with Crippen molar-refractivity contribution in [1.29, 1.82) is 0 Å². The van der Waals surface area contributed by atoms with E-state index in [1.54, 1.807) is 0 Å². The summed E-state index contributed by atoms with van der Waals surface area (Å²) < 4.78 is 29.2. The molecule has 5 atom stereocenters. The Morgan fingerprint density at radius 2 is 1.51 bits per heavy atom. The summed E-state index contributed by atoms with van der Waals surface area (Å²) in [5, 5.41) is 19.6. The molecule has 270 valence electrons. The van der Waals surface area contributed by atoms with Crippen LogP contribution in [0.4, 0.5) is 0 Å². The molecule has 1 aliphatic rings. The van der Waals surface area contributed by atoms with Crippen molar-refractivity contribution < 1.29 is 43.3 Å². The minimum Gasteiger partial charge on any atom is -0.483 e. The maximum atomic E-state index is 12.3. The lowest BCUT2D eigenvalue weighted by Crippen LogP contribution is -2.40. The van der Waals surface area contributed by atoms with Crippen LogP contribution in [0.25, 0.3) is 0 Å². The number of H-pyrrole nitrogens is 1. The van der Waals surface area contributed by atoms with Gasteiger partial charge in [0.1, 0.15) is 12.2 Å². The Labute approximate surface area is 278 Å². The first-order valence-electron chi connectivity index (χ1n) is 17.2. The molecule has 0 aromatic carbocycles. The Kier molecular flexibility index (Phi) is 24.9. The zero-order valence-corrected chi connectivity index (χ0v) is 28.8. The highest BCUT2D eigenvalue weighted by atomic mass is 31.1. The summed E-state index contributed by atoms with van der Waals surface area (Å²) in [6.45, 7) is 2.37. The van der Waals surface area contributed by atoms with E-state index in [1.165, 1.54) is 76.8 Å². The molecular formula is C32H57N3O11P+. The van der Waals surface area contributed by atoms with Crippen molar-refractivity contribution in [2.75, 3.05) is 19.8 Å². The van der Waals surface area contributed by atoms with Crippen molar-refractivity contribution in [3.05, 3.63) is 33.1 Å². The summed E-state index contributed by atoms with van der Waals surface area (Å²) in [6.07, 6.45) is 17.6. The molecule has 1 amide bonds. The minimum atomic E-state index is -3.02. The predicted molar refractivity (Wildman–Crippen MR) is 177 cm³/mol. The van der Waals surface area contributed by atoms with E-state index in [0.717, 1.165) is 42.7 Å². The number of carbonyl (C=O) groups is 2. The topological polar surface area (TPSA) is 206 Å². The van der Waals surface area contributed by atoms with Crippen LogP contribution in [0.15, 0.2) is 21.9 Å². The summed E-state index contributed by atoms with van der Waals surface area (Å²) in [5.74, 6) is 0.105. The summed E-state index contributed by atoms with van der Waals surface area (Å²) in [7, 11) is -3.02. The number of rotatable bonds is 26. The molecule has 0 aliphatic carbocycles. The number of aromatic amines is 1. The van der Waals surface area contributed by atoms with Crippen LogP contribution in [0.5, 0.6) is 0 Å². The van der Waals surface area contributed by atoms with E-state index in [2.05, 4.69) is 17.2 Å². The van der Waals surface area contributed by atoms with E-state index in [0.29, 0.717) is 19.4 Å². The van der Waals surface area contributed by atoms with Gasteiger partial charge in [-0.05, 0) is 19.3 Å². The molecule has 47 heavy (non-hydrogen) atoms. The van der Waals surface area contributed by atoms with Gasteiger partial charge in [0, 0.05) is 36.4 Å². The van der Waals surface area contributed by atoms with Crippen molar-refractivity contribution in [3.8, 4) is 0 Å². The van der Waals surface area contributed by atoms with Crippen molar-refractivity contribution >= 4 is 20.6 Å². The summed E-state index contributed by atoms with van der Waals surface area (Å²) in [6, 6.07) is 1.15. The number of aliphatic hydroxyl groups excluding tert-OH is 1. The Morgan fingerprint density at radius 1 is 0.957 bits per heavy atom. The lowest BCUT2D eigenvalue weighted by atomic mass is 10.0. The molecule has 1 fully saturated rings. The molecule has 2 rings (SSSR count). The SMILES string of the molecule is CCCCCCCCCCCCCCCC(=O)NCCCCCCOC1C(O[P+](=O)O)C(CO)OC1n1ccc(=O)[nH]c1=O.O=CO. The van der Waals surface area contributed by atoms with Gasteiger partial charge in [-0.25, -0.2) is 4.79 Å². The van der Waals surface area contributed by atoms with E-state index in [-0.39, 0.29) is 19.0 Å². The predicted octanol–water partition coefficient (Wildman–Crippen LogP) is 4.71. The number of ether oxygens (including phenoxy) is 2. The number of aliphatic hydroxyl groups is 1. The molecule has 0 saturated carbocycles. The van der Waals surface area contributed by atoms with Gasteiger partial charge in [-0.2, -0.15) is 0 Å². The highest BCUT2D eigenvalue weighted by molar-refractivity contribution is 7.32. The Morgan fingerprint density at radius 3 is 2.06 bits per heavy atom. The molecule has 5 N–H and O–H groups in total. The first-order chi connectivity index (χ1) is 22.8. The largest absolute Gasteiger partial charge is 0.695 e. The smallest absolute Gasteiger partial charge is 0.483 e. The third-order valence-electron chi connectivity index (χ3n) is 8.01. The second kappa shape index (κ2) is 27.5. The van der Waals surface area contributed by atoms with Crippen molar-refractivity contribution in [2.24, 2.45) is 0 Å². The molecule has 14 nitrogen and oxygen atoms in total. The lowest BCUT2D eigenvalue weighted by Gasteiger charge is -2.22. The number of carbonyl (C=O) groups excluding carboxylic acids is 1. The van der Waals surface area contributed by atoms with Gasteiger partial charge in [-0.3, -0.25) is 23.9 Å². The molecule has 1 aliphatic heterocycles. The van der Waals surface area contributed by atoms with Gasteiger partial charge in [0.2, 0.25) is 5.91 Å². The second-order valence-electron chi connectivity index (χ2n) is 11.8. The average molecular weight is 691 g/mol.